The molecule has 0 fully saturated rings. The number of nitrogen functional groups attached to an aromatic ring is 1. The van der Waals surface area contributed by atoms with Crippen molar-refractivity contribution in [3.8, 4) is 22.5 Å². The molecule has 3 aromatic heterocycles. The van der Waals surface area contributed by atoms with E-state index in [1.54, 1.807) is 0 Å². The minimum absolute atomic E-state index is 0.158. The van der Waals surface area contributed by atoms with Gasteiger partial charge in [0.05, 0.1) is 11.0 Å². The first kappa shape index (κ1) is 35.7. The summed E-state index contributed by atoms with van der Waals surface area (Å²) in [5.41, 5.74) is 27.3. The molecule has 4 aromatic carbocycles. The number of hydrogen-bond acceptors (Lipinski definition) is 3. The Morgan fingerprint density at radius 2 is 1.40 bits per heavy atom. The Kier molecular flexibility index (Phi) is 8.84. The molecule has 4 N–H and O–H groups in total. The van der Waals surface area contributed by atoms with E-state index >= 15 is 0 Å². The van der Waals surface area contributed by atoms with Crippen LogP contribution in [0.2, 0.25) is 0 Å². The molecule has 10 rings (SSSR count). The summed E-state index contributed by atoms with van der Waals surface area (Å²) < 4.78 is 4.64. The maximum absolute atomic E-state index is 6.75. The van der Waals surface area contributed by atoms with Crippen LogP contribution in [0.25, 0.3) is 50.4 Å². The van der Waals surface area contributed by atoms with Crippen LogP contribution in [0.4, 0.5) is 5.82 Å². The number of benzene rings is 4. The van der Waals surface area contributed by atoms with Gasteiger partial charge in [0.1, 0.15) is 5.82 Å². The molecular formula is C53H47N5. The lowest BCUT2D eigenvalue weighted by Crippen LogP contribution is -2.39. The van der Waals surface area contributed by atoms with Gasteiger partial charge in [-0.2, -0.15) is 0 Å². The maximum atomic E-state index is 6.75. The van der Waals surface area contributed by atoms with Gasteiger partial charge in [0.15, 0.2) is 0 Å². The van der Waals surface area contributed by atoms with Crippen LogP contribution >= 0.6 is 0 Å². The highest BCUT2D eigenvalue weighted by molar-refractivity contribution is 5.96. The molecule has 0 amide bonds. The van der Waals surface area contributed by atoms with Crippen LogP contribution in [0.3, 0.4) is 0 Å². The van der Waals surface area contributed by atoms with E-state index in [2.05, 4.69) is 179 Å². The SMILES string of the molecule is C/C=C\c1c(N)n(-c2ccc(-c3ccc(-n4c(C)c(CCN)c5ccc6c(c54)C4C=CC=CC4C6(c4ccccc4)C4C=CC=CC=C4)cc3)cc2)c2ccncc12. The first-order chi connectivity index (χ1) is 28.6. The number of nitrogens with two attached hydrogens (primary N) is 2. The van der Waals surface area contributed by atoms with Crippen molar-refractivity contribution in [1.29, 1.82) is 0 Å². The predicted octanol–water partition coefficient (Wildman–Crippen LogP) is 11.5. The van der Waals surface area contributed by atoms with Crippen LogP contribution in [0.15, 0.2) is 176 Å². The number of pyridine rings is 1. The van der Waals surface area contributed by atoms with Gasteiger partial charge in [-0.1, -0.05) is 140 Å². The number of anilines is 1. The molecule has 0 saturated heterocycles. The van der Waals surface area contributed by atoms with Crippen molar-refractivity contribution in [3.05, 3.63) is 210 Å². The summed E-state index contributed by atoms with van der Waals surface area (Å²) in [6.07, 6.45) is 31.6. The molecule has 5 nitrogen and oxygen atoms in total. The maximum Gasteiger partial charge on any atom is 0.116 e. The van der Waals surface area contributed by atoms with Crippen molar-refractivity contribution in [1.82, 2.24) is 14.1 Å². The molecule has 3 unspecified atom stereocenters. The number of rotatable bonds is 8. The van der Waals surface area contributed by atoms with Gasteiger partial charge in [-0.05, 0) is 90.5 Å². The number of hydrogen-bond donors (Lipinski definition) is 2. The normalized spacial score (nSPS) is 19.8. The smallest absolute Gasteiger partial charge is 0.116 e. The van der Waals surface area contributed by atoms with Crippen molar-refractivity contribution in [2.45, 2.75) is 31.6 Å². The number of nitrogens with zero attached hydrogens (tertiary/aromatic N) is 3. The lowest BCUT2D eigenvalue weighted by Gasteiger charge is -2.42. The third-order valence-corrected chi connectivity index (χ3v) is 12.9. The molecule has 58 heavy (non-hydrogen) atoms. The van der Waals surface area contributed by atoms with Gasteiger partial charge in [-0.15, -0.1) is 0 Å². The lowest BCUT2D eigenvalue weighted by molar-refractivity contribution is 0.340. The lowest BCUT2D eigenvalue weighted by atomic mass is 9.60. The molecule has 3 aliphatic carbocycles. The second-order valence-corrected chi connectivity index (χ2v) is 15.7. The van der Waals surface area contributed by atoms with Gasteiger partial charge in [-0.3, -0.25) is 9.55 Å². The molecule has 284 valence electrons. The third kappa shape index (κ3) is 5.30. The summed E-state index contributed by atoms with van der Waals surface area (Å²) in [6.45, 7) is 4.88. The first-order valence-corrected chi connectivity index (χ1v) is 20.4. The minimum Gasteiger partial charge on any atom is -0.384 e. The van der Waals surface area contributed by atoms with Crippen LogP contribution in [0, 0.1) is 18.8 Å². The van der Waals surface area contributed by atoms with Gasteiger partial charge < -0.3 is 16.0 Å². The largest absolute Gasteiger partial charge is 0.384 e. The molecule has 0 spiro atoms. The molecule has 7 aromatic rings. The fourth-order valence-electron chi connectivity index (χ4n) is 10.5. The second-order valence-electron chi connectivity index (χ2n) is 15.7. The standard InChI is InChI=1S/C53H47N5/c1-3-13-44-46-34-56-33-31-49(46)58(52(44)55)41-26-22-37(23-27-41)36-20-24-40(25-21-36)57-35(2)42(30-32-54)43-28-29-48-50(51(43)57)45-18-11-12-19-47(45)53(48,39-16-9-6-10-17-39)38-14-7-4-5-8-15-38/h3-29,31,33-34,38,45,47H,30,32,54-55H2,1-2H3/b13-3-. The van der Waals surface area contributed by atoms with E-state index < -0.39 is 0 Å². The average molecular weight is 754 g/mol. The Morgan fingerprint density at radius 1 is 0.724 bits per heavy atom. The quantitative estimate of drug-likeness (QED) is 0.162. The monoisotopic (exact) mass is 753 g/mol. The summed E-state index contributed by atoms with van der Waals surface area (Å²) >= 11 is 0. The fourth-order valence-corrected chi connectivity index (χ4v) is 10.5. The van der Waals surface area contributed by atoms with E-state index in [9.17, 15) is 0 Å². The average Bonchev–Trinajstić information content (AvgIpc) is 3.71. The molecule has 3 aliphatic rings. The molecule has 0 aliphatic heterocycles. The van der Waals surface area contributed by atoms with Crippen LogP contribution in [0.5, 0.6) is 0 Å². The summed E-state index contributed by atoms with van der Waals surface area (Å²) in [5.74, 6) is 1.30. The van der Waals surface area contributed by atoms with Crippen LogP contribution in [0.1, 0.15) is 46.4 Å². The molecule has 3 heterocycles. The topological polar surface area (TPSA) is 74.8 Å². The van der Waals surface area contributed by atoms with E-state index in [0.29, 0.717) is 12.4 Å². The zero-order chi connectivity index (χ0) is 39.4. The van der Waals surface area contributed by atoms with Gasteiger partial charge in [0.25, 0.3) is 0 Å². The highest BCUT2D eigenvalue weighted by atomic mass is 15.1. The van der Waals surface area contributed by atoms with Crippen molar-refractivity contribution in [3.63, 3.8) is 0 Å². The number of allylic oxidation sites excluding steroid dienone is 11. The van der Waals surface area contributed by atoms with Crippen molar-refractivity contribution in [2.24, 2.45) is 17.6 Å². The molecular weight excluding hydrogens is 707 g/mol. The van der Waals surface area contributed by atoms with Gasteiger partial charge in [-0.25, -0.2) is 0 Å². The molecule has 5 heteroatoms. The van der Waals surface area contributed by atoms with Gasteiger partial charge in [0.2, 0.25) is 0 Å². The minimum atomic E-state index is -0.300. The Morgan fingerprint density at radius 3 is 2.09 bits per heavy atom. The van der Waals surface area contributed by atoms with Gasteiger partial charge >= 0.3 is 0 Å². The Bertz CT molecular complexity index is 2860. The van der Waals surface area contributed by atoms with Gasteiger partial charge in [0, 0.05) is 69.0 Å². The first-order valence-electron chi connectivity index (χ1n) is 20.4. The van der Waals surface area contributed by atoms with Crippen LogP contribution < -0.4 is 11.5 Å². The number of fused-ring (bicyclic) bond motifs is 6. The highest BCUT2D eigenvalue weighted by Crippen LogP contribution is 2.62. The Balaban J connectivity index is 1.11. The Hall–Kier alpha value is -6.69. The van der Waals surface area contributed by atoms with E-state index in [1.165, 1.54) is 38.9 Å². The van der Waals surface area contributed by atoms with E-state index in [1.807, 2.05) is 31.5 Å². The third-order valence-electron chi connectivity index (χ3n) is 12.9. The molecule has 0 radical (unpaired) electrons. The summed E-state index contributed by atoms with van der Waals surface area (Å²) in [4.78, 5) is 4.37. The predicted molar refractivity (Wildman–Crippen MR) is 243 cm³/mol. The van der Waals surface area contributed by atoms with E-state index in [4.69, 9.17) is 11.5 Å². The summed E-state index contributed by atoms with van der Waals surface area (Å²) in [5, 5.41) is 2.34. The summed E-state index contributed by atoms with van der Waals surface area (Å²) in [7, 11) is 0. The number of aromatic nitrogens is 3. The molecule has 0 saturated carbocycles. The van der Waals surface area contributed by atoms with Crippen molar-refractivity contribution >= 4 is 33.7 Å². The Labute approximate surface area is 340 Å². The highest BCUT2D eigenvalue weighted by Gasteiger charge is 2.55. The summed E-state index contributed by atoms with van der Waals surface area (Å²) in [6, 6.07) is 35.8. The van der Waals surface area contributed by atoms with E-state index in [-0.39, 0.29) is 23.2 Å². The van der Waals surface area contributed by atoms with Crippen molar-refractivity contribution in [2.75, 3.05) is 12.3 Å². The fraction of sp³-hybridized carbons (Fsp3) is 0.151. The zero-order valence-corrected chi connectivity index (χ0v) is 33.0. The molecule has 0 bridgehead atoms. The molecule has 3 atom stereocenters. The van der Waals surface area contributed by atoms with Crippen LogP contribution in [-0.2, 0) is 11.8 Å². The van der Waals surface area contributed by atoms with Crippen molar-refractivity contribution < 1.29 is 0 Å². The second kappa shape index (κ2) is 14.4. The van der Waals surface area contributed by atoms with Crippen LogP contribution in [-0.4, -0.2) is 20.7 Å². The zero-order valence-electron chi connectivity index (χ0n) is 33.0. The van der Waals surface area contributed by atoms with E-state index in [0.717, 1.165) is 45.4 Å².